The van der Waals surface area contributed by atoms with Crippen LogP contribution in [0.3, 0.4) is 0 Å². The van der Waals surface area contributed by atoms with Gasteiger partial charge in [0, 0.05) is 51.3 Å². The molecule has 1 fully saturated rings. The summed E-state index contributed by atoms with van der Waals surface area (Å²) in [6.45, 7) is 8.24. The lowest BCUT2D eigenvalue weighted by molar-refractivity contribution is -0.192. The van der Waals surface area contributed by atoms with Gasteiger partial charge >= 0.3 is 12.1 Å². The maximum absolute atomic E-state index is 13.0. The number of nitrogens with one attached hydrogen (secondary N) is 1. The summed E-state index contributed by atoms with van der Waals surface area (Å²) in [5.41, 5.74) is 0.530. The van der Waals surface area contributed by atoms with Crippen LogP contribution >= 0.6 is 0 Å². The maximum Gasteiger partial charge on any atom is 0.490 e. The average Bonchev–Trinajstić information content (AvgIpc) is 2.80. The monoisotopic (exact) mass is 491 g/mol. The lowest BCUT2D eigenvalue weighted by atomic mass is 10.1. The van der Waals surface area contributed by atoms with Gasteiger partial charge in [-0.15, -0.1) is 0 Å². The highest BCUT2D eigenvalue weighted by molar-refractivity contribution is 5.95. The topological polar surface area (TPSA) is 108 Å². The van der Waals surface area contributed by atoms with Crippen LogP contribution in [0.2, 0.25) is 0 Å². The highest BCUT2D eigenvalue weighted by Gasteiger charge is 2.38. The van der Waals surface area contributed by atoms with Gasteiger partial charge in [-0.25, -0.2) is 4.79 Å². The third-order valence-electron chi connectivity index (χ3n) is 4.81. The Morgan fingerprint density at radius 2 is 1.68 bits per heavy atom. The molecule has 192 valence electrons. The van der Waals surface area contributed by atoms with Crippen LogP contribution in [0.5, 0.6) is 11.5 Å². The summed E-state index contributed by atoms with van der Waals surface area (Å²) in [4.78, 5) is 38.0. The molecule has 0 spiro atoms. The highest BCUT2D eigenvalue weighted by Crippen LogP contribution is 2.28. The number of alkyl halides is 3. The van der Waals surface area contributed by atoms with E-state index < -0.39 is 12.1 Å². The molecule has 34 heavy (non-hydrogen) atoms. The zero-order chi connectivity index (χ0) is 25.9. The minimum absolute atomic E-state index is 0.0993. The molecule has 2 N–H and O–H groups in total. The fraction of sp³-hybridized carbons (Fsp3) is 0.591. The number of amides is 2. The molecule has 0 atom stereocenters. The van der Waals surface area contributed by atoms with Crippen molar-refractivity contribution in [2.45, 2.75) is 26.4 Å². The molecule has 2 amide bonds. The molecule has 0 radical (unpaired) electrons. The molecule has 1 saturated heterocycles. The van der Waals surface area contributed by atoms with Crippen molar-refractivity contribution >= 4 is 17.8 Å². The molecule has 0 unspecified atom stereocenters. The molecular formula is C22H32F3N3O6. The maximum atomic E-state index is 13.0. The molecule has 1 heterocycles. The van der Waals surface area contributed by atoms with Crippen molar-refractivity contribution in [3.8, 4) is 11.5 Å². The van der Waals surface area contributed by atoms with E-state index in [2.05, 4.69) is 19.2 Å². The van der Waals surface area contributed by atoms with Crippen molar-refractivity contribution in [2.75, 3.05) is 53.5 Å². The molecule has 0 aliphatic carbocycles. The van der Waals surface area contributed by atoms with Crippen LogP contribution in [0.25, 0.3) is 0 Å². The van der Waals surface area contributed by atoms with E-state index >= 15 is 0 Å². The van der Waals surface area contributed by atoms with Crippen LogP contribution < -0.4 is 14.8 Å². The number of hydrogen-bond acceptors (Lipinski definition) is 6. The van der Waals surface area contributed by atoms with Gasteiger partial charge in [0.15, 0.2) is 11.5 Å². The number of carbonyl (C=O) groups is 3. The molecular weight excluding hydrogens is 459 g/mol. The second kappa shape index (κ2) is 13.6. The van der Waals surface area contributed by atoms with Gasteiger partial charge in [0.25, 0.3) is 5.91 Å². The van der Waals surface area contributed by atoms with Crippen LogP contribution in [-0.2, 0) is 9.59 Å². The first-order valence-electron chi connectivity index (χ1n) is 10.7. The van der Waals surface area contributed by atoms with E-state index in [4.69, 9.17) is 19.4 Å². The highest BCUT2D eigenvalue weighted by atomic mass is 19.4. The number of ether oxygens (including phenoxy) is 2. The lowest BCUT2D eigenvalue weighted by Crippen LogP contribution is -2.47. The number of piperazine rings is 1. The molecule has 0 saturated carbocycles. The number of aliphatic carboxylic acids is 1. The Hall–Kier alpha value is -3.02. The summed E-state index contributed by atoms with van der Waals surface area (Å²) in [5, 5.41) is 10.4. The van der Waals surface area contributed by atoms with E-state index in [1.807, 2.05) is 4.90 Å². The van der Waals surface area contributed by atoms with Crippen LogP contribution in [-0.4, -0.2) is 92.4 Å². The average molecular weight is 492 g/mol. The zero-order valence-electron chi connectivity index (χ0n) is 19.8. The van der Waals surface area contributed by atoms with Crippen molar-refractivity contribution < 1.29 is 42.1 Å². The summed E-state index contributed by atoms with van der Waals surface area (Å²) >= 11 is 0. The molecule has 1 aromatic rings. The number of nitrogens with zero attached hydrogens (tertiary/aromatic N) is 2. The Bertz CT molecular complexity index is 827. The standard InChI is InChI=1S/C20H31N3O4.C2HF3O2/c1-15(2)14-23(10-7-19(24)22-11-8-21-9-12-22)20(25)16-5-6-17(26-3)18(13-16)27-4;3-2(4,5)1(6)7/h5-6,13,15,21H,7-12,14H2,1-4H3;(H,6,7). The number of carboxylic acids is 1. The number of hydrogen-bond donors (Lipinski definition) is 2. The molecule has 1 aliphatic heterocycles. The van der Waals surface area contributed by atoms with Crippen LogP contribution in [0.4, 0.5) is 13.2 Å². The van der Waals surface area contributed by atoms with Gasteiger partial charge in [0.2, 0.25) is 5.91 Å². The van der Waals surface area contributed by atoms with Crippen LogP contribution in [0, 0.1) is 5.92 Å². The Balaban J connectivity index is 0.000000718. The number of methoxy groups -OCH3 is 2. The van der Waals surface area contributed by atoms with E-state index in [1.165, 1.54) is 0 Å². The van der Waals surface area contributed by atoms with E-state index in [0.717, 1.165) is 26.2 Å². The number of carboxylic acid groups (broad SMARTS) is 1. The van der Waals surface area contributed by atoms with Crippen LogP contribution in [0.1, 0.15) is 30.6 Å². The van der Waals surface area contributed by atoms with E-state index in [0.29, 0.717) is 42.5 Å². The summed E-state index contributed by atoms with van der Waals surface area (Å²) in [7, 11) is 3.11. The van der Waals surface area contributed by atoms with Crippen molar-refractivity contribution in [3.63, 3.8) is 0 Å². The van der Waals surface area contributed by atoms with Gasteiger partial charge in [-0.1, -0.05) is 13.8 Å². The molecule has 1 aliphatic rings. The van der Waals surface area contributed by atoms with Crippen molar-refractivity contribution in [3.05, 3.63) is 23.8 Å². The van der Waals surface area contributed by atoms with Gasteiger partial charge in [0.1, 0.15) is 0 Å². The fourth-order valence-electron chi connectivity index (χ4n) is 3.17. The first-order valence-corrected chi connectivity index (χ1v) is 10.7. The summed E-state index contributed by atoms with van der Waals surface area (Å²) in [6, 6.07) is 5.15. The van der Waals surface area contributed by atoms with Gasteiger partial charge < -0.3 is 29.7 Å². The summed E-state index contributed by atoms with van der Waals surface area (Å²) in [5.74, 6) is -1.35. The predicted molar refractivity (Wildman–Crippen MR) is 118 cm³/mol. The van der Waals surface area contributed by atoms with Crippen molar-refractivity contribution in [1.82, 2.24) is 15.1 Å². The normalized spacial score (nSPS) is 13.6. The molecule has 9 nitrogen and oxygen atoms in total. The first kappa shape index (κ1) is 29.0. The summed E-state index contributed by atoms with van der Waals surface area (Å²) in [6.07, 6.45) is -4.74. The molecule has 1 aromatic carbocycles. The zero-order valence-corrected chi connectivity index (χ0v) is 19.8. The molecule has 0 aromatic heterocycles. The van der Waals surface area contributed by atoms with Crippen molar-refractivity contribution in [2.24, 2.45) is 5.92 Å². The van der Waals surface area contributed by atoms with Gasteiger partial charge in [-0.05, 0) is 24.1 Å². The largest absolute Gasteiger partial charge is 0.493 e. The SMILES string of the molecule is COc1ccc(C(=O)N(CCC(=O)N2CCNCC2)CC(C)C)cc1OC.O=C(O)C(F)(F)F. The molecule has 0 bridgehead atoms. The minimum Gasteiger partial charge on any atom is -0.493 e. The smallest absolute Gasteiger partial charge is 0.490 e. The van der Waals surface area contributed by atoms with Crippen molar-refractivity contribution in [1.29, 1.82) is 0 Å². The molecule has 12 heteroatoms. The van der Waals surface area contributed by atoms with E-state index in [9.17, 15) is 22.8 Å². The number of rotatable bonds is 8. The minimum atomic E-state index is -5.08. The Morgan fingerprint density at radius 3 is 2.15 bits per heavy atom. The number of benzene rings is 1. The first-order chi connectivity index (χ1) is 15.9. The van der Waals surface area contributed by atoms with Gasteiger partial charge in [-0.2, -0.15) is 13.2 Å². The second-order valence-electron chi connectivity index (χ2n) is 7.90. The van der Waals surface area contributed by atoms with Gasteiger partial charge in [-0.3, -0.25) is 9.59 Å². The predicted octanol–water partition coefficient (Wildman–Crippen LogP) is 2.26. The van der Waals surface area contributed by atoms with Gasteiger partial charge in [0.05, 0.1) is 14.2 Å². The molecule has 2 rings (SSSR count). The fourth-order valence-corrected chi connectivity index (χ4v) is 3.17. The Kier molecular flexibility index (Phi) is 11.6. The lowest BCUT2D eigenvalue weighted by Gasteiger charge is -2.29. The Morgan fingerprint density at radius 1 is 1.12 bits per heavy atom. The quantitative estimate of drug-likeness (QED) is 0.574. The second-order valence-corrected chi connectivity index (χ2v) is 7.90. The number of halogens is 3. The number of carbonyl (C=O) groups excluding carboxylic acids is 2. The van der Waals surface area contributed by atoms with E-state index in [-0.39, 0.29) is 11.8 Å². The van der Waals surface area contributed by atoms with Crippen LogP contribution in [0.15, 0.2) is 18.2 Å². The Labute approximate surface area is 196 Å². The summed E-state index contributed by atoms with van der Waals surface area (Å²) < 4.78 is 42.3. The third-order valence-corrected chi connectivity index (χ3v) is 4.81. The third kappa shape index (κ3) is 9.46. The van der Waals surface area contributed by atoms with E-state index in [1.54, 1.807) is 37.3 Å².